The summed E-state index contributed by atoms with van der Waals surface area (Å²) in [6.45, 7) is 2.55. The van der Waals surface area contributed by atoms with E-state index in [1.165, 1.54) is 0 Å². The lowest BCUT2D eigenvalue weighted by Crippen LogP contribution is -2.26. The molecule has 1 aliphatic rings. The van der Waals surface area contributed by atoms with Crippen LogP contribution in [0.4, 0.5) is 0 Å². The summed E-state index contributed by atoms with van der Waals surface area (Å²) in [7, 11) is -3.36. The van der Waals surface area contributed by atoms with Gasteiger partial charge in [-0.05, 0) is 56.1 Å². The van der Waals surface area contributed by atoms with Crippen LogP contribution in [0.25, 0.3) is 0 Å². The number of rotatable bonds is 5. The molecule has 0 spiro atoms. The monoisotopic (exact) mass is 332 g/mol. The lowest BCUT2D eigenvalue weighted by Gasteiger charge is -2.10. The van der Waals surface area contributed by atoms with Crippen LogP contribution in [-0.4, -0.2) is 28.1 Å². The van der Waals surface area contributed by atoms with Gasteiger partial charge in [-0.25, -0.2) is 13.1 Å². The lowest BCUT2D eigenvalue weighted by molar-refractivity contribution is 0.519. The van der Waals surface area contributed by atoms with Crippen LogP contribution in [-0.2, 0) is 10.0 Å². The highest BCUT2D eigenvalue weighted by atomic mass is 79.9. The highest BCUT2D eigenvalue weighted by Crippen LogP contribution is 2.15. The van der Waals surface area contributed by atoms with Crippen molar-refractivity contribution in [1.82, 2.24) is 10.0 Å². The standard InChI is InChI=1S/C12H17BrN2O2S/c13-11-1-3-12(4-2-11)18(16,17)15-8-6-10-5-7-14-9-10/h1-4,10,14-15H,5-9H2. The second-order valence-corrected chi connectivity index (χ2v) is 7.18. The number of halogens is 1. The van der Waals surface area contributed by atoms with Gasteiger partial charge in [0.2, 0.25) is 10.0 Å². The van der Waals surface area contributed by atoms with Crippen molar-refractivity contribution in [1.29, 1.82) is 0 Å². The lowest BCUT2D eigenvalue weighted by atomic mass is 10.1. The topological polar surface area (TPSA) is 58.2 Å². The number of hydrogen-bond donors (Lipinski definition) is 2. The molecule has 2 rings (SSSR count). The van der Waals surface area contributed by atoms with Crippen LogP contribution in [0.1, 0.15) is 12.8 Å². The van der Waals surface area contributed by atoms with Gasteiger partial charge in [0.15, 0.2) is 0 Å². The Hall–Kier alpha value is -0.430. The summed E-state index contributed by atoms with van der Waals surface area (Å²) >= 11 is 3.29. The summed E-state index contributed by atoms with van der Waals surface area (Å²) < 4.78 is 27.5. The molecule has 0 amide bonds. The van der Waals surface area contributed by atoms with E-state index >= 15 is 0 Å². The molecule has 1 fully saturated rings. The van der Waals surface area contributed by atoms with Crippen LogP contribution in [0.15, 0.2) is 33.6 Å². The molecule has 1 aliphatic heterocycles. The Bertz CT molecular complexity index is 481. The SMILES string of the molecule is O=S(=O)(NCCC1CCNC1)c1ccc(Br)cc1. The Morgan fingerprint density at radius 2 is 2.06 bits per heavy atom. The quantitative estimate of drug-likeness (QED) is 0.863. The summed E-state index contributed by atoms with van der Waals surface area (Å²) in [5, 5.41) is 3.28. The maximum atomic E-state index is 12.0. The summed E-state index contributed by atoms with van der Waals surface area (Å²) in [5.41, 5.74) is 0. The maximum Gasteiger partial charge on any atom is 0.240 e. The van der Waals surface area contributed by atoms with Crippen molar-refractivity contribution in [3.8, 4) is 0 Å². The van der Waals surface area contributed by atoms with E-state index in [0.717, 1.165) is 30.4 Å². The van der Waals surface area contributed by atoms with Gasteiger partial charge < -0.3 is 5.32 Å². The molecule has 1 heterocycles. The van der Waals surface area contributed by atoms with E-state index in [9.17, 15) is 8.42 Å². The molecule has 0 bridgehead atoms. The zero-order valence-electron chi connectivity index (χ0n) is 10.0. The fraction of sp³-hybridized carbons (Fsp3) is 0.500. The van der Waals surface area contributed by atoms with Crippen LogP contribution in [0.3, 0.4) is 0 Å². The molecule has 100 valence electrons. The highest BCUT2D eigenvalue weighted by molar-refractivity contribution is 9.10. The first kappa shape index (κ1) is 14.0. The van der Waals surface area contributed by atoms with Crippen LogP contribution < -0.4 is 10.0 Å². The predicted octanol–water partition coefficient (Wildman–Crippen LogP) is 1.73. The normalized spacial score (nSPS) is 20.2. The molecule has 1 aromatic carbocycles. The third-order valence-corrected chi connectivity index (χ3v) is 5.14. The van der Waals surface area contributed by atoms with E-state index in [2.05, 4.69) is 26.0 Å². The Balaban J connectivity index is 1.88. The van der Waals surface area contributed by atoms with Crippen molar-refractivity contribution in [2.45, 2.75) is 17.7 Å². The smallest absolute Gasteiger partial charge is 0.240 e. The first-order valence-corrected chi connectivity index (χ1v) is 8.31. The second kappa shape index (κ2) is 6.14. The first-order chi connectivity index (χ1) is 8.58. The number of nitrogens with one attached hydrogen (secondary N) is 2. The number of sulfonamides is 1. The summed E-state index contributed by atoms with van der Waals surface area (Å²) in [5.74, 6) is 0.595. The molecular weight excluding hydrogens is 316 g/mol. The van der Waals surface area contributed by atoms with Crippen molar-refractivity contribution in [3.05, 3.63) is 28.7 Å². The molecule has 1 atom stereocenters. The Labute approximate surface area is 116 Å². The molecule has 4 nitrogen and oxygen atoms in total. The van der Waals surface area contributed by atoms with Crippen LogP contribution in [0.5, 0.6) is 0 Å². The van der Waals surface area contributed by atoms with Gasteiger partial charge in [0, 0.05) is 11.0 Å². The van der Waals surface area contributed by atoms with Crippen molar-refractivity contribution in [2.75, 3.05) is 19.6 Å². The zero-order valence-corrected chi connectivity index (χ0v) is 12.4. The minimum Gasteiger partial charge on any atom is -0.316 e. The van der Waals surface area contributed by atoms with Crippen molar-refractivity contribution in [3.63, 3.8) is 0 Å². The van der Waals surface area contributed by atoms with Crippen LogP contribution >= 0.6 is 15.9 Å². The summed E-state index contributed by atoms with van der Waals surface area (Å²) in [4.78, 5) is 0.315. The highest BCUT2D eigenvalue weighted by Gasteiger charge is 2.17. The Kier molecular flexibility index (Phi) is 4.77. The van der Waals surface area contributed by atoms with Gasteiger partial charge in [-0.15, -0.1) is 0 Å². The molecule has 0 aliphatic carbocycles. The fourth-order valence-electron chi connectivity index (χ4n) is 2.06. The second-order valence-electron chi connectivity index (χ2n) is 4.50. The fourth-order valence-corrected chi connectivity index (χ4v) is 3.37. The largest absolute Gasteiger partial charge is 0.316 e. The summed E-state index contributed by atoms with van der Waals surface area (Å²) in [6, 6.07) is 6.66. The van der Waals surface area contributed by atoms with Crippen molar-refractivity contribution >= 4 is 26.0 Å². The molecule has 0 radical (unpaired) electrons. The molecule has 1 aromatic rings. The van der Waals surface area contributed by atoms with E-state index in [-0.39, 0.29) is 0 Å². The Morgan fingerprint density at radius 1 is 1.33 bits per heavy atom. The molecule has 1 saturated heterocycles. The van der Waals surface area contributed by atoms with Crippen LogP contribution in [0, 0.1) is 5.92 Å². The van der Waals surface area contributed by atoms with E-state index in [4.69, 9.17) is 0 Å². The summed E-state index contributed by atoms with van der Waals surface area (Å²) in [6.07, 6.45) is 2.03. The van der Waals surface area contributed by atoms with E-state index in [0.29, 0.717) is 17.4 Å². The molecule has 6 heteroatoms. The van der Waals surface area contributed by atoms with E-state index < -0.39 is 10.0 Å². The van der Waals surface area contributed by atoms with Gasteiger partial charge in [-0.3, -0.25) is 0 Å². The van der Waals surface area contributed by atoms with E-state index in [1.54, 1.807) is 24.3 Å². The molecule has 0 saturated carbocycles. The van der Waals surface area contributed by atoms with Crippen molar-refractivity contribution < 1.29 is 8.42 Å². The maximum absolute atomic E-state index is 12.0. The first-order valence-electron chi connectivity index (χ1n) is 6.04. The molecule has 0 aromatic heterocycles. The van der Waals surface area contributed by atoms with Crippen LogP contribution in [0.2, 0.25) is 0 Å². The average Bonchev–Trinajstić information content (AvgIpc) is 2.82. The Morgan fingerprint density at radius 3 is 2.67 bits per heavy atom. The molecule has 1 unspecified atom stereocenters. The minimum absolute atomic E-state index is 0.315. The van der Waals surface area contributed by atoms with Gasteiger partial charge in [0.25, 0.3) is 0 Å². The molecule has 2 N–H and O–H groups in total. The van der Waals surface area contributed by atoms with Gasteiger partial charge >= 0.3 is 0 Å². The predicted molar refractivity (Wildman–Crippen MR) is 74.9 cm³/mol. The van der Waals surface area contributed by atoms with E-state index in [1.807, 2.05) is 0 Å². The van der Waals surface area contributed by atoms with Gasteiger partial charge in [0.1, 0.15) is 0 Å². The third kappa shape index (κ3) is 3.78. The average molecular weight is 333 g/mol. The minimum atomic E-state index is -3.36. The van der Waals surface area contributed by atoms with Gasteiger partial charge in [-0.1, -0.05) is 15.9 Å². The number of benzene rings is 1. The van der Waals surface area contributed by atoms with Gasteiger partial charge in [-0.2, -0.15) is 0 Å². The molecule has 18 heavy (non-hydrogen) atoms. The van der Waals surface area contributed by atoms with Gasteiger partial charge in [0.05, 0.1) is 4.90 Å². The van der Waals surface area contributed by atoms with Crippen molar-refractivity contribution in [2.24, 2.45) is 5.92 Å². The zero-order chi connectivity index (χ0) is 13.0. The number of hydrogen-bond acceptors (Lipinski definition) is 3. The third-order valence-electron chi connectivity index (χ3n) is 3.13. The molecular formula is C12H17BrN2O2S.